The fraction of sp³-hybridized carbons (Fsp3) is 0.379. The molecule has 0 aliphatic heterocycles. The second kappa shape index (κ2) is 13.1. The summed E-state index contributed by atoms with van der Waals surface area (Å²) in [5.41, 5.74) is 2.86. The van der Waals surface area contributed by atoms with Gasteiger partial charge in [-0.2, -0.15) is 0 Å². The van der Waals surface area contributed by atoms with Crippen molar-refractivity contribution in [2.45, 2.75) is 68.0 Å². The second-order valence-corrected chi connectivity index (χ2v) is 10.8. The van der Waals surface area contributed by atoms with E-state index in [4.69, 9.17) is 4.74 Å². The zero-order valence-corrected chi connectivity index (χ0v) is 23.0. The first-order valence-electron chi connectivity index (χ1n) is 12.6. The van der Waals surface area contributed by atoms with Crippen LogP contribution in [0.5, 0.6) is 11.5 Å². The van der Waals surface area contributed by atoms with Gasteiger partial charge in [0.05, 0.1) is 5.69 Å². The number of urea groups is 1. The van der Waals surface area contributed by atoms with Gasteiger partial charge in [-0.25, -0.2) is 9.78 Å². The first-order valence-corrected chi connectivity index (χ1v) is 15.0. The number of hydrogen-bond acceptors (Lipinski definition) is 5. The number of rotatable bonds is 8. The lowest BCUT2D eigenvalue weighted by Gasteiger charge is -2.32. The summed E-state index contributed by atoms with van der Waals surface area (Å²) < 4.78 is 5.95. The molecular formula is C29H35N3O2S2. The van der Waals surface area contributed by atoms with Gasteiger partial charge in [0, 0.05) is 23.2 Å². The molecule has 0 bridgehead atoms. The topological polar surface area (TPSA) is 54.5 Å². The van der Waals surface area contributed by atoms with Crippen molar-refractivity contribution in [1.82, 2.24) is 9.88 Å². The lowest BCUT2D eigenvalue weighted by atomic mass is 10.1. The van der Waals surface area contributed by atoms with Gasteiger partial charge in [0.1, 0.15) is 16.5 Å². The van der Waals surface area contributed by atoms with Crippen molar-refractivity contribution in [2.75, 3.05) is 17.8 Å². The molecule has 0 unspecified atom stereocenters. The lowest BCUT2D eigenvalue weighted by Crippen LogP contribution is -2.42. The van der Waals surface area contributed by atoms with Crippen molar-refractivity contribution in [3.05, 3.63) is 71.9 Å². The van der Waals surface area contributed by atoms with E-state index in [9.17, 15) is 4.79 Å². The highest BCUT2D eigenvalue weighted by molar-refractivity contribution is 7.99. The summed E-state index contributed by atoms with van der Waals surface area (Å²) in [5.74, 6) is 1.60. The quantitative estimate of drug-likeness (QED) is 0.238. The van der Waals surface area contributed by atoms with E-state index in [-0.39, 0.29) is 12.1 Å². The molecule has 5 nitrogen and oxygen atoms in total. The maximum Gasteiger partial charge on any atom is 0.322 e. The van der Waals surface area contributed by atoms with Gasteiger partial charge in [-0.3, -0.25) is 0 Å². The number of pyridine rings is 1. The Morgan fingerprint density at radius 3 is 2.28 bits per heavy atom. The molecule has 1 saturated carbocycles. The van der Waals surface area contributed by atoms with Crippen molar-refractivity contribution in [1.29, 1.82) is 0 Å². The maximum atomic E-state index is 13.8. The average Bonchev–Trinajstić information content (AvgIpc) is 3.19. The molecule has 190 valence electrons. The number of aryl methyl sites for hydroxylation is 1. The van der Waals surface area contributed by atoms with Crippen LogP contribution in [-0.2, 0) is 6.54 Å². The average molecular weight is 522 g/mol. The molecule has 36 heavy (non-hydrogen) atoms. The summed E-state index contributed by atoms with van der Waals surface area (Å²) >= 11 is 3.20. The number of para-hydroxylation sites is 1. The molecule has 1 heterocycles. The van der Waals surface area contributed by atoms with Crippen molar-refractivity contribution < 1.29 is 9.53 Å². The molecule has 1 aliphatic carbocycles. The van der Waals surface area contributed by atoms with Gasteiger partial charge in [0.25, 0.3) is 0 Å². The highest BCUT2D eigenvalue weighted by Gasteiger charge is 2.26. The summed E-state index contributed by atoms with van der Waals surface area (Å²) in [7, 11) is 0. The molecule has 1 aromatic heterocycles. The fourth-order valence-electron chi connectivity index (χ4n) is 4.64. The minimum atomic E-state index is -0.0530. The van der Waals surface area contributed by atoms with Gasteiger partial charge >= 0.3 is 6.03 Å². The zero-order valence-electron chi connectivity index (χ0n) is 21.3. The van der Waals surface area contributed by atoms with Crippen LogP contribution in [0.15, 0.2) is 70.6 Å². The highest BCUT2D eigenvalue weighted by Crippen LogP contribution is 2.34. The van der Waals surface area contributed by atoms with E-state index < -0.39 is 0 Å². The number of thioether (sulfide) groups is 2. The lowest BCUT2D eigenvalue weighted by molar-refractivity contribution is 0.175. The first-order chi connectivity index (χ1) is 17.6. The number of aromatic nitrogens is 1. The molecule has 4 rings (SSSR count). The number of ether oxygens (including phenoxy) is 1. The van der Waals surface area contributed by atoms with Gasteiger partial charge in [0.15, 0.2) is 0 Å². The third-order valence-electron chi connectivity index (χ3n) is 6.50. The molecular weight excluding hydrogens is 486 g/mol. The Hall–Kier alpha value is -2.64. The minimum absolute atomic E-state index is 0.0530. The van der Waals surface area contributed by atoms with Crippen molar-refractivity contribution in [3.8, 4) is 11.5 Å². The predicted octanol–water partition coefficient (Wildman–Crippen LogP) is 8.38. The Labute approximate surface area is 223 Å². The van der Waals surface area contributed by atoms with Crippen LogP contribution < -0.4 is 10.1 Å². The summed E-state index contributed by atoms with van der Waals surface area (Å²) in [4.78, 5) is 21.6. The number of amides is 2. The number of nitrogens with one attached hydrogen (secondary N) is 1. The molecule has 0 radical (unpaired) electrons. The molecule has 7 heteroatoms. The van der Waals surface area contributed by atoms with E-state index in [1.54, 1.807) is 23.5 Å². The third kappa shape index (κ3) is 6.98. The molecule has 3 aromatic rings. The van der Waals surface area contributed by atoms with E-state index in [0.29, 0.717) is 6.54 Å². The number of nitrogens with zero attached hydrogens (tertiary/aromatic N) is 2. The van der Waals surface area contributed by atoms with Crippen LogP contribution in [0.1, 0.15) is 49.8 Å². The van der Waals surface area contributed by atoms with E-state index in [0.717, 1.165) is 64.0 Å². The molecule has 0 saturated heterocycles. The van der Waals surface area contributed by atoms with Crippen molar-refractivity contribution in [3.63, 3.8) is 0 Å². The van der Waals surface area contributed by atoms with E-state index >= 15 is 0 Å². The molecule has 1 aliphatic rings. The summed E-state index contributed by atoms with van der Waals surface area (Å²) in [5, 5.41) is 4.11. The normalized spacial score (nSPS) is 14.2. The van der Waals surface area contributed by atoms with Crippen LogP contribution in [0.3, 0.4) is 0 Å². The number of carbonyl (C=O) groups is 1. The van der Waals surface area contributed by atoms with Crippen LogP contribution in [0.4, 0.5) is 10.5 Å². The largest absolute Gasteiger partial charge is 0.457 e. The monoisotopic (exact) mass is 521 g/mol. The summed E-state index contributed by atoms with van der Waals surface area (Å²) in [6.45, 7) is 2.55. The molecule has 2 amide bonds. The van der Waals surface area contributed by atoms with E-state index in [1.807, 2.05) is 72.9 Å². The third-order valence-corrected chi connectivity index (χ3v) is 7.95. The summed E-state index contributed by atoms with van der Waals surface area (Å²) in [6.07, 6.45) is 10.9. The minimum Gasteiger partial charge on any atom is -0.457 e. The Morgan fingerprint density at radius 1 is 0.972 bits per heavy atom. The van der Waals surface area contributed by atoms with E-state index in [2.05, 4.69) is 22.4 Å². The van der Waals surface area contributed by atoms with Crippen LogP contribution >= 0.6 is 23.5 Å². The smallest absolute Gasteiger partial charge is 0.322 e. The first kappa shape index (κ1) is 26.4. The highest BCUT2D eigenvalue weighted by atomic mass is 32.2. The Morgan fingerprint density at radius 2 is 1.64 bits per heavy atom. The number of carbonyl (C=O) groups excluding carboxylic acids is 1. The molecule has 2 aromatic carbocycles. The predicted molar refractivity (Wildman–Crippen MR) is 152 cm³/mol. The van der Waals surface area contributed by atoms with Crippen molar-refractivity contribution >= 4 is 35.2 Å². The van der Waals surface area contributed by atoms with Crippen molar-refractivity contribution in [2.24, 2.45) is 0 Å². The molecule has 0 spiro atoms. The van der Waals surface area contributed by atoms with Crippen LogP contribution in [-0.4, -0.2) is 34.5 Å². The Bertz CT molecular complexity index is 1110. The Kier molecular flexibility index (Phi) is 9.59. The van der Waals surface area contributed by atoms with Gasteiger partial charge in [-0.1, -0.05) is 56.0 Å². The van der Waals surface area contributed by atoms with Crippen LogP contribution in [0, 0.1) is 6.92 Å². The Balaban J connectivity index is 1.55. The van der Waals surface area contributed by atoms with Gasteiger partial charge < -0.3 is 15.0 Å². The zero-order chi connectivity index (χ0) is 25.3. The van der Waals surface area contributed by atoms with E-state index in [1.165, 1.54) is 12.8 Å². The van der Waals surface area contributed by atoms with Gasteiger partial charge in [-0.05, 0) is 68.2 Å². The van der Waals surface area contributed by atoms with Gasteiger partial charge in [0.2, 0.25) is 0 Å². The van der Waals surface area contributed by atoms with Crippen LogP contribution in [0.2, 0.25) is 0 Å². The molecule has 1 N–H and O–H groups in total. The summed E-state index contributed by atoms with van der Waals surface area (Å²) in [6, 6.07) is 20.1. The number of hydrogen-bond donors (Lipinski definition) is 1. The maximum absolute atomic E-state index is 13.8. The molecule has 0 atom stereocenters. The molecule has 1 fully saturated rings. The fourth-order valence-corrected chi connectivity index (χ4v) is 5.94. The number of anilines is 1. The van der Waals surface area contributed by atoms with Gasteiger partial charge in [-0.15, -0.1) is 23.5 Å². The second-order valence-electron chi connectivity index (χ2n) is 9.11. The SMILES string of the molecule is CSc1cc(C)nc(SC)c1NC(=O)N(Cc1ccc(Oc2ccccc2)cc1)C1CCCCCC1. The standard InChI is InChI=1S/C29H35N3O2S2/c1-21-19-26(35-2)27(28(30-21)36-3)31-29(33)32(23-11-7-4-5-8-12-23)20-22-15-17-25(18-16-22)34-24-13-9-6-10-14-24/h6,9-10,13-19,23H,4-5,7-8,11-12,20H2,1-3H3,(H,31,33). The van der Waals surface area contributed by atoms with Crippen LogP contribution in [0.25, 0.3) is 0 Å². The number of benzene rings is 2.